The topological polar surface area (TPSA) is 85.6 Å². The van der Waals surface area contributed by atoms with Crippen LogP contribution in [0.4, 0.5) is 5.95 Å². The average Bonchev–Trinajstić information content (AvgIpc) is 2.95. The minimum atomic E-state index is -0.226. The summed E-state index contributed by atoms with van der Waals surface area (Å²) < 4.78 is 1.58. The van der Waals surface area contributed by atoms with Crippen LogP contribution in [0, 0.1) is 6.92 Å². The number of nitrogens with zero attached hydrogens (tertiary/aromatic N) is 5. The van der Waals surface area contributed by atoms with Crippen molar-refractivity contribution >= 4 is 22.6 Å². The highest BCUT2D eigenvalue weighted by Crippen LogP contribution is 2.21. The van der Waals surface area contributed by atoms with E-state index in [0.29, 0.717) is 18.1 Å². The number of fused-ring (bicyclic) bond motifs is 1. The molecule has 0 spiro atoms. The van der Waals surface area contributed by atoms with Gasteiger partial charge in [-0.2, -0.15) is 0 Å². The molecule has 112 valence electrons. The molecule has 0 saturated heterocycles. The number of anilines is 1. The zero-order chi connectivity index (χ0) is 15.5. The molecule has 0 atom stereocenters. The lowest BCUT2D eigenvalue weighted by molar-refractivity contribution is 0.102. The summed E-state index contributed by atoms with van der Waals surface area (Å²) >= 11 is 0. The molecule has 0 saturated carbocycles. The van der Waals surface area contributed by atoms with Crippen LogP contribution < -0.4 is 5.32 Å². The monoisotopic (exact) mass is 296 g/mol. The summed E-state index contributed by atoms with van der Waals surface area (Å²) in [5, 5.41) is 16.1. The van der Waals surface area contributed by atoms with Crippen molar-refractivity contribution in [3.8, 4) is 0 Å². The van der Waals surface area contributed by atoms with Gasteiger partial charge in [0.15, 0.2) is 0 Å². The number of hydrogen-bond acceptors (Lipinski definition) is 5. The molecule has 7 heteroatoms. The Hall–Kier alpha value is -2.83. The highest BCUT2D eigenvalue weighted by atomic mass is 16.1. The first-order chi connectivity index (χ1) is 10.7. The van der Waals surface area contributed by atoms with E-state index in [4.69, 9.17) is 0 Å². The Kier molecular flexibility index (Phi) is 3.78. The molecule has 0 aliphatic heterocycles. The Bertz CT molecular complexity index is 826. The average molecular weight is 296 g/mol. The third-order valence-corrected chi connectivity index (χ3v) is 3.53. The fourth-order valence-electron chi connectivity index (χ4n) is 2.38. The fraction of sp³-hybridized carbons (Fsp3) is 0.267. The van der Waals surface area contributed by atoms with Crippen LogP contribution in [0.1, 0.15) is 29.3 Å². The molecule has 0 aliphatic rings. The number of amides is 1. The van der Waals surface area contributed by atoms with E-state index in [1.54, 1.807) is 23.1 Å². The van der Waals surface area contributed by atoms with Gasteiger partial charge >= 0.3 is 0 Å². The van der Waals surface area contributed by atoms with Gasteiger partial charge in [-0.15, -0.1) is 0 Å². The van der Waals surface area contributed by atoms with Gasteiger partial charge in [-0.3, -0.25) is 15.1 Å². The number of aromatic nitrogens is 5. The van der Waals surface area contributed by atoms with Crippen LogP contribution in [-0.2, 0) is 6.54 Å². The van der Waals surface area contributed by atoms with Crippen molar-refractivity contribution in [1.29, 1.82) is 0 Å². The van der Waals surface area contributed by atoms with Crippen LogP contribution >= 0.6 is 0 Å². The number of rotatable bonds is 4. The quantitative estimate of drug-likeness (QED) is 0.797. The summed E-state index contributed by atoms with van der Waals surface area (Å²) in [7, 11) is 0. The predicted octanol–water partition coefficient (Wildman–Crippen LogP) is 2.19. The van der Waals surface area contributed by atoms with Gasteiger partial charge in [0, 0.05) is 29.9 Å². The van der Waals surface area contributed by atoms with Crippen LogP contribution in [0.5, 0.6) is 0 Å². The molecular weight excluding hydrogens is 280 g/mol. The molecule has 2 heterocycles. The third-order valence-electron chi connectivity index (χ3n) is 3.53. The number of carbonyl (C=O) groups is 1. The molecular formula is C15H16N6O. The smallest absolute Gasteiger partial charge is 0.258 e. The summed E-state index contributed by atoms with van der Waals surface area (Å²) in [6, 6.07) is 5.64. The van der Waals surface area contributed by atoms with Crippen LogP contribution in [-0.4, -0.2) is 31.1 Å². The highest BCUT2D eigenvalue weighted by molar-refractivity contribution is 6.07. The SMILES string of the molecule is CCCn1nnnc1NC(=O)c1ccc2ccncc2c1C. The summed E-state index contributed by atoms with van der Waals surface area (Å²) in [5.74, 6) is 0.132. The van der Waals surface area contributed by atoms with Gasteiger partial charge < -0.3 is 0 Å². The molecule has 0 bridgehead atoms. The highest BCUT2D eigenvalue weighted by Gasteiger charge is 2.15. The summed E-state index contributed by atoms with van der Waals surface area (Å²) in [6.07, 6.45) is 4.39. The van der Waals surface area contributed by atoms with Crippen molar-refractivity contribution in [2.24, 2.45) is 0 Å². The molecule has 3 rings (SSSR count). The summed E-state index contributed by atoms with van der Waals surface area (Å²) in [6.45, 7) is 4.59. The lowest BCUT2D eigenvalue weighted by Crippen LogP contribution is -2.17. The Morgan fingerprint density at radius 1 is 1.32 bits per heavy atom. The van der Waals surface area contributed by atoms with E-state index in [1.807, 2.05) is 26.0 Å². The molecule has 22 heavy (non-hydrogen) atoms. The first-order valence-corrected chi connectivity index (χ1v) is 7.11. The maximum Gasteiger partial charge on any atom is 0.258 e. The Morgan fingerprint density at radius 3 is 3.00 bits per heavy atom. The normalized spacial score (nSPS) is 10.8. The number of tetrazole rings is 1. The first kappa shape index (κ1) is 14.1. The van der Waals surface area contributed by atoms with E-state index in [9.17, 15) is 4.79 Å². The van der Waals surface area contributed by atoms with Gasteiger partial charge in [-0.1, -0.05) is 18.1 Å². The summed E-state index contributed by atoms with van der Waals surface area (Å²) in [4.78, 5) is 16.6. The molecule has 1 aromatic carbocycles. The minimum Gasteiger partial charge on any atom is -0.289 e. The van der Waals surface area contributed by atoms with Gasteiger partial charge in [0.25, 0.3) is 5.91 Å². The molecule has 0 radical (unpaired) electrons. The molecule has 1 amide bonds. The molecule has 3 aromatic rings. The summed E-state index contributed by atoms with van der Waals surface area (Å²) in [5.41, 5.74) is 1.48. The third kappa shape index (κ3) is 2.52. The Morgan fingerprint density at radius 2 is 2.18 bits per heavy atom. The lowest BCUT2D eigenvalue weighted by atomic mass is 10.0. The second-order valence-corrected chi connectivity index (χ2v) is 5.01. The van der Waals surface area contributed by atoms with Gasteiger partial charge in [0.05, 0.1) is 0 Å². The van der Waals surface area contributed by atoms with Crippen molar-refractivity contribution in [2.45, 2.75) is 26.8 Å². The molecule has 0 unspecified atom stereocenters. The first-order valence-electron chi connectivity index (χ1n) is 7.11. The fourth-order valence-corrected chi connectivity index (χ4v) is 2.38. The maximum absolute atomic E-state index is 12.5. The van der Waals surface area contributed by atoms with Crippen LogP contribution in [0.25, 0.3) is 10.8 Å². The van der Waals surface area contributed by atoms with E-state index in [2.05, 4.69) is 25.8 Å². The zero-order valence-electron chi connectivity index (χ0n) is 12.4. The standard InChI is InChI=1S/C15H16N6O/c1-3-8-21-15(18-19-20-21)17-14(22)12-5-4-11-6-7-16-9-13(11)10(12)2/h4-7,9H,3,8H2,1-2H3,(H,17,18,20,22). The van der Waals surface area contributed by atoms with Gasteiger partial charge in [-0.25, -0.2) is 4.68 Å². The molecule has 7 nitrogen and oxygen atoms in total. The van der Waals surface area contributed by atoms with Gasteiger partial charge in [-0.05, 0) is 46.9 Å². The number of nitrogens with one attached hydrogen (secondary N) is 1. The van der Waals surface area contributed by atoms with Crippen LogP contribution in [0.2, 0.25) is 0 Å². The van der Waals surface area contributed by atoms with E-state index in [-0.39, 0.29) is 5.91 Å². The van der Waals surface area contributed by atoms with Crippen molar-refractivity contribution in [2.75, 3.05) is 5.32 Å². The zero-order valence-corrected chi connectivity index (χ0v) is 12.4. The van der Waals surface area contributed by atoms with Crippen molar-refractivity contribution in [3.05, 3.63) is 41.7 Å². The second kappa shape index (κ2) is 5.88. The number of hydrogen-bond donors (Lipinski definition) is 1. The Balaban J connectivity index is 1.92. The molecule has 2 aromatic heterocycles. The largest absolute Gasteiger partial charge is 0.289 e. The number of carbonyl (C=O) groups excluding carboxylic acids is 1. The van der Waals surface area contributed by atoms with Crippen molar-refractivity contribution in [1.82, 2.24) is 25.2 Å². The van der Waals surface area contributed by atoms with Crippen LogP contribution in [0.15, 0.2) is 30.6 Å². The number of pyridine rings is 1. The number of benzene rings is 1. The minimum absolute atomic E-state index is 0.226. The molecule has 1 N–H and O–H groups in total. The van der Waals surface area contributed by atoms with Gasteiger partial charge in [0.2, 0.25) is 5.95 Å². The van der Waals surface area contributed by atoms with Crippen LogP contribution in [0.3, 0.4) is 0 Å². The molecule has 0 aliphatic carbocycles. The lowest BCUT2D eigenvalue weighted by Gasteiger charge is -2.09. The van der Waals surface area contributed by atoms with Gasteiger partial charge in [0.1, 0.15) is 0 Å². The maximum atomic E-state index is 12.5. The van der Waals surface area contributed by atoms with Crippen molar-refractivity contribution in [3.63, 3.8) is 0 Å². The van der Waals surface area contributed by atoms with Crippen molar-refractivity contribution < 1.29 is 4.79 Å². The van der Waals surface area contributed by atoms with E-state index in [0.717, 1.165) is 22.8 Å². The predicted molar refractivity (Wildman–Crippen MR) is 82.5 cm³/mol. The van der Waals surface area contributed by atoms with E-state index in [1.165, 1.54) is 0 Å². The molecule has 0 fully saturated rings. The number of aryl methyl sites for hydroxylation is 2. The van der Waals surface area contributed by atoms with E-state index >= 15 is 0 Å². The Labute approximate surface area is 127 Å². The second-order valence-electron chi connectivity index (χ2n) is 5.01. The van der Waals surface area contributed by atoms with E-state index < -0.39 is 0 Å².